The fourth-order valence-corrected chi connectivity index (χ4v) is 3.53. The predicted molar refractivity (Wildman–Crippen MR) is 91.0 cm³/mol. The number of carbonyl (C=O) groups is 1. The SMILES string of the molecule is CC(Cc1ccccc1F)C(=O)N1CCc2cc3c(cc2C1)OCO3. The molecular weight excluding hydrogens is 321 g/mol. The first-order valence-corrected chi connectivity index (χ1v) is 8.55. The van der Waals surface area contributed by atoms with Crippen molar-refractivity contribution >= 4 is 5.91 Å². The molecule has 2 aromatic carbocycles. The molecule has 0 radical (unpaired) electrons. The van der Waals surface area contributed by atoms with E-state index in [9.17, 15) is 9.18 Å². The third kappa shape index (κ3) is 3.06. The summed E-state index contributed by atoms with van der Waals surface area (Å²) in [4.78, 5) is 14.7. The van der Waals surface area contributed by atoms with Gasteiger partial charge >= 0.3 is 0 Å². The van der Waals surface area contributed by atoms with Crippen LogP contribution in [0.1, 0.15) is 23.6 Å². The number of hydrogen-bond donors (Lipinski definition) is 0. The van der Waals surface area contributed by atoms with Gasteiger partial charge in [-0.15, -0.1) is 0 Å². The Morgan fingerprint density at radius 3 is 2.68 bits per heavy atom. The molecule has 4 rings (SSSR count). The lowest BCUT2D eigenvalue weighted by atomic mass is 9.95. The largest absolute Gasteiger partial charge is 0.454 e. The van der Waals surface area contributed by atoms with Gasteiger partial charge in [-0.3, -0.25) is 4.79 Å². The lowest BCUT2D eigenvalue weighted by molar-refractivity contribution is -0.135. The lowest BCUT2D eigenvalue weighted by Crippen LogP contribution is -2.39. The zero-order chi connectivity index (χ0) is 17.4. The van der Waals surface area contributed by atoms with Crippen molar-refractivity contribution in [2.24, 2.45) is 5.92 Å². The number of fused-ring (bicyclic) bond motifs is 2. The molecule has 0 N–H and O–H groups in total. The molecule has 1 unspecified atom stereocenters. The molecule has 2 aliphatic heterocycles. The zero-order valence-corrected chi connectivity index (χ0v) is 14.1. The van der Waals surface area contributed by atoms with Crippen LogP contribution in [0.2, 0.25) is 0 Å². The molecule has 0 fully saturated rings. The van der Waals surface area contributed by atoms with Crippen LogP contribution in [-0.2, 0) is 24.2 Å². The summed E-state index contributed by atoms with van der Waals surface area (Å²) in [5.74, 6) is 1.08. The number of ether oxygens (including phenoxy) is 2. The normalized spacial score (nSPS) is 16.5. The van der Waals surface area contributed by atoms with Gasteiger partial charge in [-0.25, -0.2) is 4.39 Å². The molecule has 4 nitrogen and oxygen atoms in total. The van der Waals surface area contributed by atoms with Gasteiger partial charge in [0.15, 0.2) is 11.5 Å². The third-order valence-corrected chi connectivity index (χ3v) is 4.92. The molecule has 0 bridgehead atoms. The smallest absolute Gasteiger partial charge is 0.231 e. The van der Waals surface area contributed by atoms with Crippen LogP contribution in [0.25, 0.3) is 0 Å². The predicted octanol–water partition coefficient (Wildman–Crippen LogP) is 3.32. The maximum atomic E-state index is 13.8. The van der Waals surface area contributed by atoms with Crippen LogP contribution in [0.15, 0.2) is 36.4 Å². The second-order valence-corrected chi connectivity index (χ2v) is 6.68. The molecule has 25 heavy (non-hydrogen) atoms. The second-order valence-electron chi connectivity index (χ2n) is 6.68. The molecule has 0 aromatic heterocycles. The Bertz CT molecular complexity index is 821. The molecule has 5 heteroatoms. The lowest BCUT2D eigenvalue weighted by Gasteiger charge is -2.31. The molecule has 2 aliphatic rings. The average Bonchev–Trinajstić information content (AvgIpc) is 3.07. The van der Waals surface area contributed by atoms with E-state index >= 15 is 0 Å². The number of rotatable bonds is 3. The van der Waals surface area contributed by atoms with Crippen LogP contribution >= 0.6 is 0 Å². The van der Waals surface area contributed by atoms with Crippen molar-refractivity contribution in [1.29, 1.82) is 0 Å². The van der Waals surface area contributed by atoms with Gasteiger partial charge in [-0.05, 0) is 47.7 Å². The van der Waals surface area contributed by atoms with Crippen LogP contribution in [0, 0.1) is 11.7 Å². The number of amides is 1. The summed E-state index contributed by atoms with van der Waals surface area (Å²) in [6, 6.07) is 10.6. The van der Waals surface area contributed by atoms with Gasteiger partial charge < -0.3 is 14.4 Å². The van der Waals surface area contributed by atoms with Crippen LogP contribution in [0.4, 0.5) is 4.39 Å². The number of hydrogen-bond acceptors (Lipinski definition) is 3. The van der Waals surface area contributed by atoms with Crippen molar-refractivity contribution < 1.29 is 18.7 Å². The first-order valence-electron chi connectivity index (χ1n) is 8.55. The van der Waals surface area contributed by atoms with E-state index in [1.165, 1.54) is 11.6 Å². The Hall–Kier alpha value is -2.56. The zero-order valence-electron chi connectivity index (χ0n) is 14.1. The first-order chi connectivity index (χ1) is 12.1. The number of benzene rings is 2. The van der Waals surface area contributed by atoms with Gasteiger partial charge in [-0.2, -0.15) is 0 Å². The molecule has 1 amide bonds. The maximum Gasteiger partial charge on any atom is 0.231 e. The molecule has 0 saturated carbocycles. The standard InChI is InChI=1S/C20H20FNO3/c1-13(8-15-4-2-3-5-17(15)21)20(23)22-7-6-14-9-18-19(25-12-24-18)10-16(14)11-22/h2-5,9-10,13H,6-8,11-12H2,1H3. The van der Waals surface area contributed by atoms with Crippen molar-refractivity contribution in [1.82, 2.24) is 4.90 Å². The Labute approximate surface area is 146 Å². The Morgan fingerprint density at radius 2 is 1.92 bits per heavy atom. The van der Waals surface area contributed by atoms with Crippen molar-refractivity contribution in [2.45, 2.75) is 26.3 Å². The van der Waals surface area contributed by atoms with Crippen molar-refractivity contribution in [2.75, 3.05) is 13.3 Å². The minimum atomic E-state index is -0.257. The summed E-state index contributed by atoms with van der Waals surface area (Å²) < 4.78 is 24.7. The quantitative estimate of drug-likeness (QED) is 0.860. The van der Waals surface area contributed by atoms with E-state index in [2.05, 4.69) is 0 Å². The highest BCUT2D eigenvalue weighted by Crippen LogP contribution is 2.37. The molecule has 2 aromatic rings. The first kappa shape index (κ1) is 15.9. The van der Waals surface area contributed by atoms with Gasteiger partial charge in [0.1, 0.15) is 5.82 Å². The highest BCUT2D eigenvalue weighted by Gasteiger charge is 2.27. The molecule has 0 saturated heterocycles. The summed E-state index contributed by atoms with van der Waals surface area (Å²) in [6.45, 7) is 3.35. The third-order valence-electron chi connectivity index (χ3n) is 4.92. The molecule has 0 spiro atoms. The van der Waals surface area contributed by atoms with E-state index in [1.807, 2.05) is 24.0 Å². The molecule has 0 aliphatic carbocycles. The molecule has 2 heterocycles. The van der Waals surface area contributed by atoms with Crippen molar-refractivity contribution in [3.63, 3.8) is 0 Å². The van der Waals surface area contributed by atoms with Gasteiger partial charge in [0.25, 0.3) is 0 Å². The van der Waals surface area contributed by atoms with Crippen LogP contribution in [0.3, 0.4) is 0 Å². The minimum Gasteiger partial charge on any atom is -0.454 e. The maximum absolute atomic E-state index is 13.8. The van der Waals surface area contributed by atoms with E-state index in [0.717, 1.165) is 23.5 Å². The Morgan fingerprint density at radius 1 is 1.20 bits per heavy atom. The minimum absolute atomic E-state index is 0.0616. The second kappa shape index (κ2) is 6.39. The highest BCUT2D eigenvalue weighted by molar-refractivity contribution is 5.79. The summed E-state index contributed by atoms with van der Waals surface area (Å²) in [6.07, 6.45) is 1.21. The van der Waals surface area contributed by atoms with Gasteiger partial charge in [0, 0.05) is 19.0 Å². The molecule has 130 valence electrons. The van der Waals surface area contributed by atoms with Crippen molar-refractivity contribution in [3.8, 4) is 11.5 Å². The number of halogens is 1. The molecule has 1 atom stereocenters. The van der Waals surface area contributed by atoms with Gasteiger partial charge in [0.2, 0.25) is 12.7 Å². The summed E-state index contributed by atoms with van der Waals surface area (Å²) >= 11 is 0. The highest BCUT2D eigenvalue weighted by atomic mass is 19.1. The number of nitrogens with zero attached hydrogens (tertiary/aromatic N) is 1. The Kier molecular flexibility index (Phi) is 4.07. The van der Waals surface area contributed by atoms with E-state index in [4.69, 9.17) is 9.47 Å². The summed E-state index contributed by atoms with van der Waals surface area (Å²) in [7, 11) is 0. The topological polar surface area (TPSA) is 38.8 Å². The molecular formula is C20H20FNO3. The average molecular weight is 341 g/mol. The van der Waals surface area contributed by atoms with Gasteiger partial charge in [0.05, 0.1) is 0 Å². The van der Waals surface area contributed by atoms with Crippen LogP contribution in [-0.4, -0.2) is 24.1 Å². The van der Waals surface area contributed by atoms with E-state index in [1.54, 1.807) is 18.2 Å². The van der Waals surface area contributed by atoms with E-state index in [0.29, 0.717) is 25.1 Å². The monoisotopic (exact) mass is 341 g/mol. The van der Waals surface area contributed by atoms with Crippen LogP contribution < -0.4 is 9.47 Å². The number of carbonyl (C=O) groups excluding carboxylic acids is 1. The fourth-order valence-electron chi connectivity index (χ4n) is 3.53. The summed E-state index contributed by atoms with van der Waals surface area (Å²) in [5.41, 5.74) is 2.89. The van der Waals surface area contributed by atoms with Gasteiger partial charge in [-0.1, -0.05) is 25.1 Å². The fraction of sp³-hybridized carbons (Fsp3) is 0.350. The van der Waals surface area contributed by atoms with E-state index < -0.39 is 0 Å². The van der Waals surface area contributed by atoms with Crippen LogP contribution in [0.5, 0.6) is 11.5 Å². The van der Waals surface area contributed by atoms with Crippen molar-refractivity contribution in [3.05, 3.63) is 58.9 Å². The Balaban J connectivity index is 1.47. The summed E-state index contributed by atoms with van der Waals surface area (Å²) in [5, 5.41) is 0. The van der Waals surface area contributed by atoms with E-state index in [-0.39, 0.29) is 24.4 Å².